The van der Waals surface area contributed by atoms with E-state index in [9.17, 15) is 8.42 Å². The third-order valence-electron chi connectivity index (χ3n) is 3.22. The summed E-state index contributed by atoms with van der Waals surface area (Å²) < 4.78 is 26.6. The molecule has 106 valence electrons. The van der Waals surface area contributed by atoms with Gasteiger partial charge in [0.2, 0.25) is 10.0 Å². The molecule has 0 saturated carbocycles. The van der Waals surface area contributed by atoms with Crippen LogP contribution in [-0.2, 0) is 10.0 Å². The largest absolute Gasteiger partial charge is 0.373 e. The van der Waals surface area contributed by atoms with Gasteiger partial charge in [0.1, 0.15) is 10.7 Å². The molecule has 0 amide bonds. The zero-order valence-electron chi connectivity index (χ0n) is 11.1. The zero-order chi connectivity index (χ0) is 13.7. The SMILES string of the molecule is CNc1ccc(S(=O)(=O)NCCN2CCCC2)cn1. The van der Waals surface area contributed by atoms with Gasteiger partial charge in [-0.15, -0.1) is 0 Å². The van der Waals surface area contributed by atoms with Crippen molar-refractivity contribution in [2.75, 3.05) is 38.5 Å². The van der Waals surface area contributed by atoms with Crippen LogP contribution in [0.15, 0.2) is 23.2 Å². The minimum atomic E-state index is -3.44. The predicted molar refractivity (Wildman–Crippen MR) is 74.6 cm³/mol. The fourth-order valence-electron chi connectivity index (χ4n) is 2.11. The minimum Gasteiger partial charge on any atom is -0.373 e. The number of pyridine rings is 1. The van der Waals surface area contributed by atoms with E-state index < -0.39 is 10.0 Å². The van der Waals surface area contributed by atoms with Crippen LogP contribution in [0.25, 0.3) is 0 Å². The molecule has 0 bridgehead atoms. The molecule has 0 atom stereocenters. The Morgan fingerprint density at radius 2 is 2.05 bits per heavy atom. The Morgan fingerprint density at radius 1 is 1.32 bits per heavy atom. The van der Waals surface area contributed by atoms with Gasteiger partial charge in [-0.1, -0.05) is 0 Å². The van der Waals surface area contributed by atoms with E-state index in [1.807, 2.05) is 0 Å². The molecule has 2 N–H and O–H groups in total. The first kappa shape index (κ1) is 14.2. The molecule has 1 aromatic heterocycles. The fraction of sp³-hybridized carbons (Fsp3) is 0.583. The molecule has 0 spiro atoms. The fourth-order valence-corrected chi connectivity index (χ4v) is 3.08. The lowest BCUT2D eigenvalue weighted by Gasteiger charge is -2.14. The molecule has 7 heteroatoms. The molecule has 1 aromatic rings. The van der Waals surface area contributed by atoms with Crippen molar-refractivity contribution >= 4 is 15.8 Å². The lowest BCUT2D eigenvalue weighted by atomic mass is 10.4. The Hall–Kier alpha value is -1.18. The second-order valence-electron chi connectivity index (χ2n) is 4.58. The van der Waals surface area contributed by atoms with Crippen molar-refractivity contribution in [2.24, 2.45) is 0 Å². The Balaban J connectivity index is 1.89. The number of sulfonamides is 1. The number of nitrogens with one attached hydrogen (secondary N) is 2. The van der Waals surface area contributed by atoms with E-state index in [2.05, 4.69) is 19.9 Å². The molecule has 1 fully saturated rings. The van der Waals surface area contributed by atoms with Crippen LogP contribution in [0.5, 0.6) is 0 Å². The van der Waals surface area contributed by atoms with Crippen LogP contribution in [0.3, 0.4) is 0 Å². The Labute approximate surface area is 114 Å². The summed E-state index contributed by atoms with van der Waals surface area (Å²) in [6.45, 7) is 3.34. The average Bonchev–Trinajstić information content (AvgIpc) is 2.92. The molecule has 0 radical (unpaired) electrons. The number of anilines is 1. The maximum Gasteiger partial charge on any atom is 0.242 e. The molecular weight excluding hydrogens is 264 g/mol. The van der Waals surface area contributed by atoms with Gasteiger partial charge in [-0.2, -0.15) is 0 Å². The molecule has 2 rings (SSSR count). The quantitative estimate of drug-likeness (QED) is 0.795. The van der Waals surface area contributed by atoms with Crippen molar-refractivity contribution < 1.29 is 8.42 Å². The third-order valence-corrected chi connectivity index (χ3v) is 4.67. The van der Waals surface area contributed by atoms with Crippen molar-refractivity contribution in [3.05, 3.63) is 18.3 Å². The van der Waals surface area contributed by atoms with Crippen LogP contribution >= 0.6 is 0 Å². The van der Waals surface area contributed by atoms with Crippen LogP contribution in [0, 0.1) is 0 Å². The van der Waals surface area contributed by atoms with E-state index in [4.69, 9.17) is 0 Å². The van der Waals surface area contributed by atoms with E-state index in [-0.39, 0.29) is 4.90 Å². The summed E-state index contributed by atoms with van der Waals surface area (Å²) >= 11 is 0. The second-order valence-corrected chi connectivity index (χ2v) is 6.34. The van der Waals surface area contributed by atoms with Crippen molar-refractivity contribution in [3.8, 4) is 0 Å². The zero-order valence-corrected chi connectivity index (χ0v) is 11.9. The van der Waals surface area contributed by atoms with Crippen LogP contribution in [0.2, 0.25) is 0 Å². The van der Waals surface area contributed by atoms with Gasteiger partial charge < -0.3 is 10.2 Å². The van der Waals surface area contributed by atoms with Gasteiger partial charge in [0.25, 0.3) is 0 Å². The summed E-state index contributed by atoms with van der Waals surface area (Å²) in [4.78, 5) is 6.48. The highest BCUT2D eigenvalue weighted by molar-refractivity contribution is 7.89. The molecule has 0 unspecified atom stereocenters. The first-order valence-corrected chi connectivity index (χ1v) is 7.96. The standard InChI is InChI=1S/C12H20N4O2S/c1-13-12-5-4-11(10-14-12)19(17,18)15-6-9-16-7-2-3-8-16/h4-5,10,15H,2-3,6-9H2,1H3,(H,13,14). The molecule has 1 aliphatic rings. The molecule has 19 heavy (non-hydrogen) atoms. The predicted octanol–water partition coefficient (Wildman–Crippen LogP) is 0.497. The van der Waals surface area contributed by atoms with Gasteiger partial charge in [-0.05, 0) is 38.1 Å². The summed E-state index contributed by atoms with van der Waals surface area (Å²) in [5.41, 5.74) is 0. The molecule has 0 aromatic carbocycles. The first-order chi connectivity index (χ1) is 9.12. The van der Waals surface area contributed by atoms with E-state index in [0.29, 0.717) is 12.4 Å². The first-order valence-electron chi connectivity index (χ1n) is 6.47. The van der Waals surface area contributed by atoms with Crippen molar-refractivity contribution in [3.63, 3.8) is 0 Å². The highest BCUT2D eigenvalue weighted by Crippen LogP contribution is 2.10. The Bertz CT molecular complexity index is 495. The highest BCUT2D eigenvalue weighted by Gasteiger charge is 2.16. The highest BCUT2D eigenvalue weighted by atomic mass is 32.2. The molecular formula is C12H20N4O2S. The molecule has 2 heterocycles. The monoisotopic (exact) mass is 284 g/mol. The number of rotatable bonds is 6. The van der Waals surface area contributed by atoms with Gasteiger partial charge in [-0.25, -0.2) is 18.1 Å². The number of aromatic nitrogens is 1. The molecule has 1 saturated heterocycles. The summed E-state index contributed by atoms with van der Waals surface area (Å²) in [7, 11) is -1.70. The Morgan fingerprint density at radius 3 is 2.63 bits per heavy atom. The van der Waals surface area contributed by atoms with Gasteiger partial charge >= 0.3 is 0 Å². The normalized spacial score (nSPS) is 16.7. The minimum absolute atomic E-state index is 0.202. The maximum absolute atomic E-state index is 12.0. The third kappa shape index (κ3) is 3.89. The number of nitrogens with zero attached hydrogens (tertiary/aromatic N) is 2. The second kappa shape index (κ2) is 6.31. The van der Waals surface area contributed by atoms with E-state index in [0.717, 1.165) is 19.6 Å². The summed E-state index contributed by atoms with van der Waals surface area (Å²) in [5.74, 6) is 0.649. The van der Waals surface area contributed by atoms with Crippen LogP contribution in [0.4, 0.5) is 5.82 Å². The van der Waals surface area contributed by atoms with Crippen molar-refractivity contribution in [2.45, 2.75) is 17.7 Å². The molecule has 1 aliphatic heterocycles. The number of hydrogen-bond donors (Lipinski definition) is 2. The van der Waals surface area contributed by atoms with E-state index in [1.165, 1.54) is 19.0 Å². The van der Waals surface area contributed by atoms with Gasteiger partial charge in [0, 0.05) is 26.3 Å². The number of hydrogen-bond acceptors (Lipinski definition) is 5. The van der Waals surface area contributed by atoms with E-state index >= 15 is 0 Å². The van der Waals surface area contributed by atoms with Crippen molar-refractivity contribution in [1.29, 1.82) is 0 Å². The number of likely N-dealkylation sites (tertiary alicyclic amines) is 1. The maximum atomic E-state index is 12.0. The lowest BCUT2D eigenvalue weighted by Crippen LogP contribution is -2.33. The molecule has 6 nitrogen and oxygen atoms in total. The van der Waals surface area contributed by atoms with Crippen LogP contribution in [-0.4, -0.2) is 51.5 Å². The van der Waals surface area contributed by atoms with Gasteiger partial charge in [0.15, 0.2) is 0 Å². The summed E-state index contributed by atoms with van der Waals surface area (Å²) in [6.07, 6.45) is 3.79. The van der Waals surface area contributed by atoms with Crippen LogP contribution in [0.1, 0.15) is 12.8 Å². The topological polar surface area (TPSA) is 74.3 Å². The molecule has 0 aliphatic carbocycles. The summed E-state index contributed by atoms with van der Waals surface area (Å²) in [6, 6.07) is 3.20. The van der Waals surface area contributed by atoms with Gasteiger partial charge in [0.05, 0.1) is 0 Å². The summed E-state index contributed by atoms with van der Waals surface area (Å²) in [5, 5.41) is 2.85. The van der Waals surface area contributed by atoms with Gasteiger partial charge in [-0.3, -0.25) is 0 Å². The van der Waals surface area contributed by atoms with E-state index in [1.54, 1.807) is 19.2 Å². The average molecular weight is 284 g/mol. The van der Waals surface area contributed by atoms with Crippen molar-refractivity contribution in [1.82, 2.24) is 14.6 Å². The lowest BCUT2D eigenvalue weighted by molar-refractivity contribution is 0.344. The Kier molecular flexibility index (Phi) is 4.73. The smallest absolute Gasteiger partial charge is 0.242 e. The van der Waals surface area contributed by atoms with Crippen LogP contribution < -0.4 is 10.0 Å².